The predicted molar refractivity (Wildman–Crippen MR) is 149 cm³/mol. The van der Waals surface area contributed by atoms with Gasteiger partial charge in [-0.05, 0) is 69.3 Å². The van der Waals surface area contributed by atoms with Crippen LogP contribution in [0.1, 0.15) is 70.8 Å². The van der Waals surface area contributed by atoms with Crippen molar-refractivity contribution in [3.8, 4) is 0 Å². The molecule has 3 fully saturated rings. The number of hydrogen-bond acceptors (Lipinski definition) is 6. The Labute approximate surface area is 236 Å². The van der Waals surface area contributed by atoms with Crippen LogP contribution in [-0.2, 0) is 25.5 Å². The quantitative estimate of drug-likeness (QED) is 0.252. The van der Waals surface area contributed by atoms with Gasteiger partial charge in [-0.2, -0.15) is 0 Å². The molecule has 1 aliphatic heterocycles. The summed E-state index contributed by atoms with van der Waals surface area (Å²) in [5.41, 5.74) is 1.20. The summed E-state index contributed by atoms with van der Waals surface area (Å²) < 4.78 is 5.82. The molecule has 3 aliphatic rings. The fourth-order valence-corrected chi connectivity index (χ4v) is 5.75. The molecular weight excluding hydrogens is 512 g/mol. The number of carbonyl (C=O) groups excluding carboxylic acids is 4. The molecule has 220 valence electrons. The van der Waals surface area contributed by atoms with Gasteiger partial charge in [0.15, 0.2) is 6.10 Å². The Morgan fingerprint density at radius 2 is 1.77 bits per heavy atom. The molecule has 1 aromatic carbocycles. The lowest BCUT2D eigenvalue weighted by molar-refractivity contribution is -0.134. The van der Waals surface area contributed by atoms with Gasteiger partial charge in [-0.15, -0.1) is 0 Å². The third-order valence-electron chi connectivity index (χ3n) is 8.11. The first-order valence-corrected chi connectivity index (χ1v) is 14.8. The molecule has 1 saturated heterocycles. The van der Waals surface area contributed by atoms with Crippen molar-refractivity contribution >= 4 is 23.8 Å². The Kier molecular flexibility index (Phi) is 10.4. The maximum Gasteiger partial charge on any atom is 0.408 e. The standard InChI is InChI=1S/C30H44N4O6/c1-18(2)15-24(34-30(39)40-25-10-6-9-20(25)16-19-7-4-3-5-8-19)28(37)33-23(17-21-13-14-31-27(21)36)26(35)29(38)32-22-11-12-22/h3-5,7-8,18,20-26,35H,6,9-17H2,1-2H3,(H,31,36)(H,32,38)(H,33,37)(H,34,39)/t20?,21-,23?,24?,25?,26?/m0/s1. The Bertz CT molecular complexity index is 1030. The van der Waals surface area contributed by atoms with Crippen LogP contribution in [0.3, 0.4) is 0 Å². The highest BCUT2D eigenvalue weighted by atomic mass is 16.6. The van der Waals surface area contributed by atoms with Crippen LogP contribution in [-0.4, -0.2) is 65.8 Å². The fraction of sp³-hybridized carbons (Fsp3) is 0.667. The number of rotatable bonds is 13. The van der Waals surface area contributed by atoms with Gasteiger partial charge in [-0.25, -0.2) is 4.79 Å². The van der Waals surface area contributed by atoms with E-state index in [1.807, 2.05) is 32.0 Å². The number of hydrogen-bond donors (Lipinski definition) is 5. The van der Waals surface area contributed by atoms with Crippen LogP contribution in [0.2, 0.25) is 0 Å². The third-order valence-corrected chi connectivity index (χ3v) is 8.11. The molecule has 0 bridgehead atoms. The highest BCUT2D eigenvalue weighted by Gasteiger charge is 2.38. The van der Waals surface area contributed by atoms with Crippen molar-refractivity contribution in [3.05, 3.63) is 35.9 Å². The number of amides is 4. The lowest BCUT2D eigenvalue weighted by Gasteiger charge is -2.28. The predicted octanol–water partition coefficient (Wildman–Crippen LogP) is 2.19. The number of benzene rings is 1. The third kappa shape index (κ3) is 8.68. The van der Waals surface area contributed by atoms with E-state index in [1.165, 1.54) is 5.56 Å². The van der Waals surface area contributed by atoms with Gasteiger partial charge in [0.1, 0.15) is 12.1 Å². The van der Waals surface area contributed by atoms with Crippen LogP contribution in [0.5, 0.6) is 0 Å². The average molecular weight is 557 g/mol. The van der Waals surface area contributed by atoms with Crippen LogP contribution in [0.4, 0.5) is 4.79 Å². The zero-order valence-electron chi connectivity index (χ0n) is 23.6. The molecule has 0 spiro atoms. The van der Waals surface area contributed by atoms with Crippen molar-refractivity contribution < 1.29 is 29.0 Å². The van der Waals surface area contributed by atoms with Crippen molar-refractivity contribution in [1.29, 1.82) is 0 Å². The second-order valence-corrected chi connectivity index (χ2v) is 12.0. The van der Waals surface area contributed by atoms with Crippen molar-refractivity contribution in [2.45, 2.75) is 102 Å². The van der Waals surface area contributed by atoms with Crippen molar-refractivity contribution in [1.82, 2.24) is 21.3 Å². The second kappa shape index (κ2) is 14.0. The number of aliphatic hydroxyl groups excluding tert-OH is 1. The van der Waals surface area contributed by atoms with Gasteiger partial charge in [0, 0.05) is 24.4 Å². The number of aliphatic hydroxyl groups is 1. The Balaban J connectivity index is 1.38. The molecule has 5 N–H and O–H groups in total. The number of ether oxygens (including phenoxy) is 1. The van der Waals surface area contributed by atoms with Crippen LogP contribution in [0, 0.1) is 17.8 Å². The van der Waals surface area contributed by atoms with Gasteiger partial charge in [0.05, 0.1) is 6.04 Å². The molecule has 10 heteroatoms. The van der Waals surface area contributed by atoms with E-state index in [1.54, 1.807) is 0 Å². The molecule has 0 aromatic heterocycles. The summed E-state index contributed by atoms with van der Waals surface area (Å²) in [6.07, 6.45) is 3.91. The molecular formula is C30H44N4O6. The van der Waals surface area contributed by atoms with Gasteiger partial charge in [0.2, 0.25) is 11.8 Å². The fourth-order valence-electron chi connectivity index (χ4n) is 5.75. The first-order valence-electron chi connectivity index (χ1n) is 14.8. The van der Waals surface area contributed by atoms with Crippen molar-refractivity contribution in [3.63, 3.8) is 0 Å². The second-order valence-electron chi connectivity index (χ2n) is 12.0. The van der Waals surface area contributed by atoms with E-state index >= 15 is 0 Å². The highest BCUT2D eigenvalue weighted by molar-refractivity contribution is 5.88. The van der Waals surface area contributed by atoms with E-state index in [4.69, 9.17) is 4.74 Å². The molecule has 2 saturated carbocycles. The summed E-state index contributed by atoms with van der Waals surface area (Å²) >= 11 is 0. The summed E-state index contributed by atoms with van der Waals surface area (Å²) in [6, 6.07) is 8.28. The van der Waals surface area contributed by atoms with E-state index in [2.05, 4.69) is 33.4 Å². The minimum absolute atomic E-state index is 0.0414. The summed E-state index contributed by atoms with van der Waals surface area (Å²) in [6.45, 7) is 4.40. The number of nitrogens with one attached hydrogen (secondary N) is 4. The SMILES string of the molecule is CC(C)CC(NC(=O)OC1CCCC1Cc1ccccc1)C(=O)NC(C[C@@H]1CCNC1=O)C(O)C(=O)NC1CC1. The van der Waals surface area contributed by atoms with Gasteiger partial charge >= 0.3 is 6.09 Å². The molecule has 10 nitrogen and oxygen atoms in total. The van der Waals surface area contributed by atoms with E-state index < -0.39 is 42.0 Å². The summed E-state index contributed by atoms with van der Waals surface area (Å²) in [4.78, 5) is 51.3. The molecule has 4 amide bonds. The van der Waals surface area contributed by atoms with E-state index in [0.29, 0.717) is 19.4 Å². The Morgan fingerprint density at radius 1 is 1.02 bits per heavy atom. The monoisotopic (exact) mass is 556 g/mol. The molecule has 1 aromatic rings. The van der Waals surface area contributed by atoms with E-state index in [9.17, 15) is 24.3 Å². The van der Waals surface area contributed by atoms with Crippen LogP contribution >= 0.6 is 0 Å². The first kappa shape index (κ1) is 29.8. The molecule has 6 atom stereocenters. The maximum absolute atomic E-state index is 13.5. The summed E-state index contributed by atoms with van der Waals surface area (Å²) in [5, 5.41) is 21.9. The normalized spacial score (nSPS) is 24.6. The maximum atomic E-state index is 13.5. The molecule has 1 heterocycles. The largest absolute Gasteiger partial charge is 0.446 e. The minimum atomic E-state index is -1.51. The lowest BCUT2D eigenvalue weighted by atomic mass is 9.93. The molecule has 5 unspecified atom stereocenters. The zero-order valence-corrected chi connectivity index (χ0v) is 23.6. The molecule has 4 rings (SSSR count). The lowest BCUT2D eigenvalue weighted by Crippen LogP contribution is -2.56. The van der Waals surface area contributed by atoms with Crippen LogP contribution in [0.15, 0.2) is 30.3 Å². The summed E-state index contributed by atoms with van der Waals surface area (Å²) in [7, 11) is 0. The summed E-state index contributed by atoms with van der Waals surface area (Å²) in [5.74, 6) is -1.36. The van der Waals surface area contributed by atoms with Gasteiger partial charge in [0.25, 0.3) is 5.91 Å². The van der Waals surface area contributed by atoms with Crippen molar-refractivity contribution in [2.24, 2.45) is 17.8 Å². The van der Waals surface area contributed by atoms with Gasteiger partial charge in [-0.1, -0.05) is 44.2 Å². The molecule has 0 radical (unpaired) electrons. The van der Waals surface area contributed by atoms with E-state index in [-0.39, 0.29) is 36.3 Å². The van der Waals surface area contributed by atoms with Crippen LogP contribution < -0.4 is 21.3 Å². The number of carbonyl (C=O) groups is 4. The van der Waals surface area contributed by atoms with E-state index in [0.717, 1.165) is 38.5 Å². The molecule has 40 heavy (non-hydrogen) atoms. The smallest absolute Gasteiger partial charge is 0.408 e. The minimum Gasteiger partial charge on any atom is -0.446 e. The Hall–Kier alpha value is -3.14. The van der Waals surface area contributed by atoms with Crippen LogP contribution in [0.25, 0.3) is 0 Å². The topological polar surface area (TPSA) is 146 Å². The zero-order chi connectivity index (χ0) is 28.6. The van der Waals surface area contributed by atoms with Gasteiger partial charge in [-0.3, -0.25) is 14.4 Å². The van der Waals surface area contributed by atoms with Gasteiger partial charge < -0.3 is 31.1 Å². The average Bonchev–Trinajstić information content (AvgIpc) is 3.49. The first-order chi connectivity index (χ1) is 19.2. The molecule has 2 aliphatic carbocycles. The number of alkyl carbamates (subject to hydrolysis) is 1. The Morgan fingerprint density at radius 3 is 2.42 bits per heavy atom. The highest BCUT2D eigenvalue weighted by Crippen LogP contribution is 2.31. The van der Waals surface area contributed by atoms with Crippen molar-refractivity contribution in [2.75, 3.05) is 6.54 Å².